The third-order valence-corrected chi connectivity index (χ3v) is 7.55. The Morgan fingerprint density at radius 1 is 1.16 bits per heavy atom. The van der Waals surface area contributed by atoms with Crippen LogP contribution in [-0.2, 0) is 9.84 Å². The molecule has 0 aliphatic heterocycles. The molecule has 134 valence electrons. The molecule has 0 saturated heterocycles. The summed E-state index contributed by atoms with van der Waals surface area (Å²) in [5, 5.41) is 20.5. The molecule has 1 fully saturated rings. The molecule has 4 nitrogen and oxygen atoms in total. The van der Waals surface area contributed by atoms with E-state index in [9.17, 15) is 18.6 Å². The predicted molar refractivity (Wildman–Crippen MR) is 99.8 cm³/mol. The first-order valence-electron chi connectivity index (χ1n) is 8.68. The minimum atomic E-state index is -3.56. The molecule has 1 unspecified atom stereocenters. The van der Waals surface area contributed by atoms with Gasteiger partial charge < -0.3 is 10.2 Å². The first kappa shape index (κ1) is 17.8. The average Bonchev–Trinajstić information content (AvgIpc) is 2.60. The van der Waals surface area contributed by atoms with Crippen LogP contribution in [0.25, 0.3) is 10.8 Å². The fourth-order valence-corrected chi connectivity index (χ4v) is 5.72. The molecule has 1 aliphatic rings. The average molecular weight is 360 g/mol. The van der Waals surface area contributed by atoms with E-state index in [1.165, 1.54) is 18.2 Å². The summed E-state index contributed by atoms with van der Waals surface area (Å²) in [6.45, 7) is 5.39. The molecule has 3 rings (SSSR count). The lowest BCUT2D eigenvalue weighted by Crippen LogP contribution is -2.29. The number of fused-ring (bicyclic) bond motifs is 1. The first-order chi connectivity index (χ1) is 11.9. The molecule has 2 aromatic carbocycles. The zero-order chi connectivity index (χ0) is 18.2. The molecule has 0 heterocycles. The monoisotopic (exact) mass is 360 g/mol. The standard InChI is InChI=1S/C20H24O4S/c1-3-19(14-7-5-4-6-8-14)25(23,24)16-9-10-17-15(11-16)12-18(21)13(2)20(17)22/h3,9-12,14,19,21-22H,1,4-8H2,2H3. The summed E-state index contributed by atoms with van der Waals surface area (Å²) < 4.78 is 26.3. The summed E-state index contributed by atoms with van der Waals surface area (Å²) in [7, 11) is -3.56. The Morgan fingerprint density at radius 2 is 1.84 bits per heavy atom. The van der Waals surface area contributed by atoms with Crippen molar-refractivity contribution in [2.45, 2.75) is 49.2 Å². The molecule has 0 radical (unpaired) electrons. The second kappa shape index (κ2) is 6.71. The van der Waals surface area contributed by atoms with Gasteiger partial charge in [0.25, 0.3) is 0 Å². The zero-order valence-electron chi connectivity index (χ0n) is 14.4. The van der Waals surface area contributed by atoms with Crippen LogP contribution in [0.2, 0.25) is 0 Å². The van der Waals surface area contributed by atoms with Gasteiger partial charge in [-0.15, -0.1) is 6.58 Å². The van der Waals surface area contributed by atoms with Gasteiger partial charge in [0.1, 0.15) is 11.5 Å². The molecule has 1 atom stereocenters. The number of rotatable bonds is 4. The second-order valence-corrected chi connectivity index (χ2v) is 9.00. The lowest BCUT2D eigenvalue weighted by molar-refractivity contribution is 0.360. The molecule has 1 aliphatic carbocycles. The smallest absolute Gasteiger partial charge is 0.185 e. The van der Waals surface area contributed by atoms with Crippen molar-refractivity contribution in [2.24, 2.45) is 5.92 Å². The van der Waals surface area contributed by atoms with Gasteiger partial charge in [0, 0.05) is 10.9 Å². The number of hydrogen-bond acceptors (Lipinski definition) is 4. The molecule has 0 bridgehead atoms. The van der Waals surface area contributed by atoms with E-state index in [2.05, 4.69) is 6.58 Å². The van der Waals surface area contributed by atoms with Crippen molar-refractivity contribution in [3.8, 4) is 11.5 Å². The molecule has 5 heteroatoms. The van der Waals surface area contributed by atoms with Gasteiger partial charge in [0.15, 0.2) is 9.84 Å². The van der Waals surface area contributed by atoms with Crippen LogP contribution in [0.5, 0.6) is 11.5 Å². The van der Waals surface area contributed by atoms with Crippen LogP contribution < -0.4 is 0 Å². The number of sulfone groups is 1. The lowest BCUT2D eigenvalue weighted by Gasteiger charge is -2.28. The molecule has 25 heavy (non-hydrogen) atoms. The van der Waals surface area contributed by atoms with Crippen LogP contribution in [0, 0.1) is 12.8 Å². The zero-order valence-corrected chi connectivity index (χ0v) is 15.2. The van der Waals surface area contributed by atoms with Crippen LogP contribution >= 0.6 is 0 Å². The first-order valence-corrected chi connectivity index (χ1v) is 10.2. The maximum atomic E-state index is 13.1. The van der Waals surface area contributed by atoms with Crippen molar-refractivity contribution in [1.82, 2.24) is 0 Å². The topological polar surface area (TPSA) is 74.6 Å². The van der Waals surface area contributed by atoms with E-state index in [4.69, 9.17) is 0 Å². The van der Waals surface area contributed by atoms with Crippen LogP contribution in [0.3, 0.4) is 0 Å². The molecular formula is C20H24O4S. The van der Waals surface area contributed by atoms with E-state index in [0.29, 0.717) is 16.3 Å². The van der Waals surface area contributed by atoms with Crippen LogP contribution in [0.4, 0.5) is 0 Å². The third kappa shape index (κ3) is 3.13. The van der Waals surface area contributed by atoms with Gasteiger partial charge in [-0.25, -0.2) is 8.42 Å². The fraction of sp³-hybridized carbons (Fsp3) is 0.400. The van der Waals surface area contributed by atoms with Crippen LogP contribution in [-0.4, -0.2) is 23.9 Å². The summed E-state index contributed by atoms with van der Waals surface area (Å²) in [6, 6.07) is 6.16. The summed E-state index contributed by atoms with van der Waals surface area (Å²) in [5.41, 5.74) is 0.384. The summed E-state index contributed by atoms with van der Waals surface area (Å²) in [4.78, 5) is 0.207. The maximum Gasteiger partial charge on any atom is 0.185 e. The normalized spacial score (nSPS) is 17.5. The molecule has 1 saturated carbocycles. The van der Waals surface area contributed by atoms with Gasteiger partial charge in [-0.1, -0.05) is 25.3 Å². The molecular weight excluding hydrogens is 336 g/mol. The Hall–Kier alpha value is -2.01. The highest BCUT2D eigenvalue weighted by atomic mass is 32.2. The van der Waals surface area contributed by atoms with Gasteiger partial charge in [-0.05, 0) is 55.3 Å². The Kier molecular flexibility index (Phi) is 4.78. The van der Waals surface area contributed by atoms with Gasteiger partial charge >= 0.3 is 0 Å². The number of phenols is 2. The number of benzene rings is 2. The van der Waals surface area contributed by atoms with Gasteiger partial charge in [-0.2, -0.15) is 0 Å². The lowest BCUT2D eigenvalue weighted by atomic mass is 9.87. The van der Waals surface area contributed by atoms with Crippen molar-refractivity contribution >= 4 is 20.6 Å². The van der Waals surface area contributed by atoms with Crippen molar-refractivity contribution in [3.63, 3.8) is 0 Å². The van der Waals surface area contributed by atoms with E-state index in [1.807, 2.05) is 0 Å². The van der Waals surface area contributed by atoms with E-state index in [1.54, 1.807) is 19.1 Å². The van der Waals surface area contributed by atoms with Gasteiger partial charge in [-0.3, -0.25) is 0 Å². The van der Waals surface area contributed by atoms with Crippen molar-refractivity contribution < 1.29 is 18.6 Å². The molecule has 2 aromatic rings. The Bertz CT molecular complexity index is 909. The number of hydrogen-bond donors (Lipinski definition) is 2. The van der Waals surface area contributed by atoms with Crippen molar-refractivity contribution in [1.29, 1.82) is 0 Å². The highest BCUT2D eigenvalue weighted by molar-refractivity contribution is 7.92. The Labute approximate surface area is 148 Å². The highest BCUT2D eigenvalue weighted by Gasteiger charge is 2.33. The van der Waals surface area contributed by atoms with E-state index < -0.39 is 15.1 Å². The van der Waals surface area contributed by atoms with E-state index >= 15 is 0 Å². The van der Waals surface area contributed by atoms with Gasteiger partial charge in [0.05, 0.1) is 10.1 Å². The number of phenolic OH excluding ortho intramolecular Hbond substituents is 2. The van der Waals surface area contributed by atoms with Crippen molar-refractivity contribution in [3.05, 3.63) is 42.5 Å². The fourth-order valence-electron chi connectivity index (χ4n) is 3.82. The van der Waals surface area contributed by atoms with Crippen LogP contribution in [0.15, 0.2) is 41.8 Å². The summed E-state index contributed by atoms with van der Waals surface area (Å²) >= 11 is 0. The van der Waals surface area contributed by atoms with Crippen LogP contribution in [0.1, 0.15) is 37.7 Å². The predicted octanol–water partition coefficient (Wildman–Crippen LogP) is 4.47. The number of aromatic hydroxyl groups is 2. The SMILES string of the molecule is C=CC(C1CCCCC1)S(=O)(=O)c1ccc2c(O)c(C)c(O)cc2c1. The molecule has 0 spiro atoms. The second-order valence-electron chi connectivity index (χ2n) is 6.90. The molecule has 2 N–H and O–H groups in total. The quantitative estimate of drug-likeness (QED) is 0.789. The molecule has 0 amide bonds. The Balaban J connectivity index is 2.07. The minimum Gasteiger partial charge on any atom is -0.508 e. The van der Waals surface area contributed by atoms with Crippen molar-refractivity contribution in [2.75, 3.05) is 0 Å². The molecule has 0 aromatic heterocycles. The summed E-state index contributed by atoms with van der Waals surface area (Å²) in [6.07, 6.45) is 6.65. The minimum absolute atomic E-state index is 0.0218. The van der Waals surface area contributed by atoms with Gasteiger partial charge in [0.2, 0.25) is 0 Å². The largest absolute Gasteiger partial charge is 0.508 e. The summed E-state index contributed by atoms with van der Waals surface area (Å²) in [5.74, 6) is 0.0327. The highest BCUT2D eigenvalue weighted by Crippen LogP contribution is 2.38. The third-order valence-electron chi connectivity index (χ3n) is 5.34. The van der Waals surface area contributed by atoms with E-state index in [-0.39, 0.29) is 22.3 Å². The Morgan fingerprint density at radius 3 is 2.48 bits per heavy atom. The van der Waals surface area contributed by atoms with E-state index in [0.717, 1.165) is 32.1 Å². The maximum absolute atomic E-state index is 13.1.